The fourth-order valence-electron chi connectivity index (χ4n) is 2.32. The standard InChI is InChI=1S/C14H21NO3S/c1-10-5-6-11(18-10)9-15-12(8-14(16)17-2)13-4-3-7-19-13/h3-4,7,10-12,15H,5-6,8-9H2,1-2H3. The summed E-state index contributed by atoms with van der Waals surface area (Å²) < 4.78 is 10.5. The number of methoxy groups -OCH3 is 1. The van der Waals surface area contributed by atoms with E-state index < -0.39 is 0 Å². The lowest BCUT2D eigenvalue weighted by atomic mass is 10.1. The summed E-state index contributed by atoms with van der Waals surface area (Å²) in [6, 6.07) is 4.07. The molecule has 1 saturated heterocycles. The van der Waals surface area contributed by atoms with Gasteiger partial charge in [0, 0.05) is 11.4 Å². The summed E-state index contributed by atoms with van der Waals surface area (Å²) in [6.45, 7) is 2.88. The third-order valence-corrected chi connectivity index (χ3v) is 4.38. The van der Waals surface area contributed by atoms with E-state index in [0.717, 1.165) is 24.3 Å². The fraction of sp³-hybridized carbons (Fsp3) is 0.643. The van der Waals surface area contributed by atoms with E-state index in [2.05, 4.69) is 12.2 Å². The Labute approximate surface area is 118 Å². The molecular weight excluding hydrogens is 262 g/mol. The molecule has 1 aliphatic rings. The SMILES string of the molecule is COC(=O)CC(NCC1CCC(C)O1)c1cccs1. The zero-order valence-electron chi connectivity index (χ0n) is 11.4. The molecular formula is C14H21NO3S. The zero-order chi connectivity index (χ0) is 13.7. The van der Waals surface area contributed by atoms with Crippen molar-refractivity contribution in [3.8, 4) is 0 Å². The average Bonchev–Trinajstić information content (AvgIpc) is 3.05. The number of ether oxygens (including phenoxy) is 2. The van der Waals surface area contributed by atoms with Crippen molar-refractivity contribution in [3.05, 3.63) is 22.4 Å². The first-order chi connectivity index (χ1) is 9.19. The van der Waals surface area contributed by atoms with Gasteiger partial charge in [0.1, 0.15) is 0 Å². The molecule has 1 N–H and O–H groups in total. The molecule has 1 fully saturated rings. The Kier molecular flexibility index (Phi) is 5.36. The molecule has 2 heterocycles. The minimum Gasteiger partial charge on any atom is -0.469 e. The number of hydrogen-bond donors (Lipinski definition) is 1. The molecule has 0 saturated carbocycles. The Morgan fingerprint density at radius 2 is 2.47 bits per heavy atom. The molecule has 0 spiro atoms. The Morgan fingerprint density at radius 3 is 3.05 bits per heavy atom. The molecule has 0 aromatic carbocycles. The fourth-order valence-corrected chi connectivity index (χ4v) is 3.12. The van der Waals surface area contributed by atoms with Crippen LogP contribution in [-0.4, -0.2) is 31.8 Å². The lowest BCUT2D eigenvalue weighted by Crippen LogP contribution is -2.31. The maximum atomic E-state index is 11.5. The van der Waals surface area contributed by atoms with Gasteiger partial charge in [-0.3, -0.25) is 4.79 Å². The van der Waals surface area contributed by atoms with Gasteiger partial charge in [0.15, 0.2) is 0 Å². The van der Waals surface area contributed by atoms with Crippen molar-refractivity contribution < 1.29 is 14.3 Å². The molecule has 106 valence electrons. The van der Waals surface area contributed by atoms with Gasteiger partial charge in [0.2, 0.25) is 0 Å². The number of esters is 1. The van der Waals surface area contributed by atoms with Crippen LogP contribution in [0.2, 0.25) is 0 Å². The molecule has 2 rings (SSSR count). The lowest BCUT2D eigenvalue weighted by Gasteiger charge is -2.19. The Hall–Kier alpha value is -0.910. The molecule has 0 radical (unpaired) electrons. The highest BCUT2D eigenvalue weighted by molar-refractivity contribution is 7.10. The Morgan fingerprint density at radius 1 is 1.63 bits per heavy atom. The van der Waals surface area contributed by atoms with Crippen molar-refractivity contribution in [1.82, 2.24) is 5.32 Å². The summed E-state index contributed by atoms with van der Waals surface area (Å²) in [5.41, 5.74) is 0. The summed E-state index contributed by atoms with van der Waals surface area (Å²) in [7, 11) is 1.43. The summed E-state index contributed by atoms with van der Waals surface area (Å²) >= 11 is 1.66. The predicted octanol–water partition coefficient (Wildman–Crippen LogP) is 2.51. The van der Waals surface area contributed by atoms with Crippen LogP contribution in [0.5, 0.6) is 0 Å². The van der Waals surface area contributed by atoms with Crippen molar-refractivity contribution in [1.29, 1.82) is 0 Å². The van der Waals surface area contributed by atoms with Gasteiger partial charge in [-0.15, -0.1) is 11.3 Å². The van der Waals surface area contributed by atoms with Crippen LogP contribution in [0.3, 0.4) is 0 Å². The van der Waals surface area contributed by atoms with Gasteiger partial charge < -0.3 is 14.8 Å². The average molecular weight is 283 g/mol. The number of carbonyl (C=O) groups is 1. The van der Waals surface area contributed by atoms with Gasteiger partial charge in [-0.05, 0) is 31.2 Å². The third kappa shape index (κ3) is 4.30. The largest absolute Gasteiger partial charge is 0.469 e. The summed E-state index contributed by atoms with van der Waals surface area (Å²) in [5, 5.41) is 5.46. The molecule has 1 aromatic rings. The van der Waals surface area contributed by atoms with Gasteiger partial charge >= 0.3 is 5.97 Å². The van der Waals surface area contributed by atoms with Crippen LogP contribution < -0.4 is 5.32 Å². The number of nitrogens with one attached hydrogen (secondary N) is 1. The molecule has 1 aliphatic heterocycles. The highest BCUT2D eigenvalue weighted by Gasteiger charge is 2.24. The van der Waals surface area contributed by atoms with Crippen LogP contribution in [0.25, 0.3) is 0 Å². The van der Waals surface area contributed by atoms with Crippen LogP contribution in [0.1, 0.15) is 37.1 Å². The van der Waals surface area contributed by atoms with E-state index in [1.165, 1.54) is 7.11 Å². The maximum Gasteiger partial charge on any atom is 0.307 e. The summed E-state index contributed by atoms with van der Waals surface area (Å²) in [5.74, 6) is -0.188. The molecule has 19 heavy (non-hydrogen) atoms. The van der Waals surface area contributed by atoms with E-state index >= 15 is 0 Å². The van der Waals surface area contributed by atoms with Gasteiger partial charge in [0.25, 0.3) is 0 Å². The van der Waals surface area contributed by atoms with Gasteiger partial charge in [-0.2, -0.15) is 0 Å². The second-order valence-corrected chi connectivity index (χ2v) is 5.88. The normalized spacial score (nSPS) is 24.3. The minimum absolute atomic E-state index is 0.0203. The molecule has 3 unspecified atom stereocenters. The van der Waals surface area contributed by atoms with Crippen molar-refractivity contribution >= 4 is 17.3 Å². The summed E-state index contributed by atoms with van der Waals surface area (Å²) in [6.07, 6.45) is 3.18. The molecule has 0 amide bonds. The molecule has 5 heteroatoms. The van der Waals surface area contributed by atoms with E-state index in [4.69, 9.17) is 9.47 Å². The van der Waals surface area contributed by atoms with E-state index in [9.17, 15) is 4.79 Å². The van der Waals surface area contributed by atoms with Crippen LogP contribution in [0.4, 0.5) is 0 Å². The Bertz CT molecular complexity index is 393. The Balaban J connectivity index is 1.88. The minimum atomic E-state index is -0.188. The van der Waals surface area contributed by atoms with E-state index in [-0.39, 0.29) is 18.1 Å². The highest BCUT2D eigenvalue weighted by Crippen LogP contribution is 2.24. The van der Waals surface area contributed by atoms with Crippen LogP contribution in [-0.2, 0) is 14.3 Å². The van der Waals surface area contributed by atoms with Crippen molar-refractivity contribution in [2.75, 3.05) is 13.7 Å². The lowest BCUT2D eigenvalue weighted by molar-refractivity contribution is -0.141. The van der Waals surface area contributed by atoms with Gasteiger partial charge in [-0.1, -0.05) is 6.07 Å². The van der Waals surface area contributed by atoms with Crippen molar-refractivity contribution in [3.63, 3.8) is 0 Å². The smallest absolute Gasteiger partial charge is 0.307 e. The van der Waals surface area contributed by atoms with E-state index in [0.29, 0.717) is 12.5 Å². The predicted molar refractivity (Wildman–Crippen MR) is 75.3 cm³/mol. The molecule has 1 aromatic heterocycles. The highest BCUT2D eigenvalue weighted by atomic mass is 32.1. The van der Waals surface area contributed by atoms with Gasteiger partial charge in [-0.25, -0.2) is 0 Å². The molecule has 4 nitrogen and oxygen atoms in total. The second-order valence-electron chi connectivity index (χ2n) is 4.90. The quantitative estimate of drug-likeness (QED) is 0.815. The monoisotopic (exact) mass is 283 g/mol. The first-order valence-electron chi connectivity index (χ1n) is 6.68. The second kappa shape index (κ2) is 7.03. The number of carbonyl (C=O) groups excluding carboxylic acids is 1. The van der Waals surface area contributed by atoms with Crippen molar-refractivity contribution in [2.24, 2.45) is 0 Å². The van der Waals surface area contributed by atoms with E-state index in [1.807, 2.05) is 17.5 Å². The third-order valence-electron chi connectivity index (χ3n) is 3.40. The number of rotatable bonds is 6. The first-order valence-corrected chi connectivity index (χ1v) is 7.56. The van der Waals surface area contributed by atoms with E-state index in [1.54, 1.807) is 11.3 Å². The van der Waals surface area contributed by atoms with Crippen molar-refractivity contribution in [2.45, 2.75) is 44.4 Å². The maximum absolute atomic E-state index is 11.5. The van der Waals surface area contributed by atoms with Gasteiger partial charge in [0.05, 0.1) is 31.8 Å². The molecule has 0 aliphatic carbocycles. The zero-order valence-corrected chi connectivity index (χ0v) is 12.2. The topological polar surface area (TPSA) is 47.6 Å². The van der Waals surface area contributed by atoms with Crippen LogP contribution in [0, 0.1) is 0 Å². The van der Waals surface area contributed by atoms with Crippen LogP contribution >= 0.6 is 11.3 Å². The van der Waals surface area contributed by atoms with Crippen LogP contribution in [0.15, 0.2) is 17.5 Å². The molecule has 0 bridgehead atoms. The number of hydrogen-bond acceptors (Lipinski definition) is 5. The first kappa shape index (κ1) is 14.5. The summed E-state index contributed by atoms with van der Waals surface area (Å²) in [4.78, 5) is 12.6. The number of thiophene rings is 1. The molecule has 3 atom stereocenters.